The third-order valence-electron chi connectivity index (χ3n) is 5.39. The molecule has 0 saturated carbocycles. The van der Waals surface area contributed by atoms with Crippen molar-refractivity contribution in [1.29, 1.82) is 0 Å². The lowest BCUT2D eigenvalue weighted by atomic mass is 10.1. The summed E-state index contributed by atoms with van der Waals surface area (Å²) in [4.78, 5) is 19.8. The highest BCUT2D eigenvalue weighted by atomic mass is 16.5. The van der Waals surface area contributed by atoms with Crippen molar-refractivity contribution in [2.75, 3.05) is 44.7 Å². The van der Waals surface area contributed by atoms with E-state index in [4.69, 9.17) is 4.74 Å². The van der Waals surface area contributed by atoms with Gasteiger partial charge in [0.1, 0.15) is 0 Å². The molecule has 6 nitrogen and oxygen atoms in total. The molecule has 30 heavy (non-hydrogen) atoms. The van der Waals surface area contributed by atoms with E-state index in [1.165, 1.54) is 11.1 Å². The van der Waals surface area contributed by atoms with E-state index < -0.39 is 0 Å². The van der Waals surface area contributed by atoms with Gasteiger partial charge < -0.3 is 10.1 Å². The van der Waals surface area contributed by atoms with Crippen LogP contribution in [0.5, 0.6) is 0 Å². The number of carbonyl (C=O) groups is 1. The first kappa shape index (κ1) is 22.0. The Morgan fingerprint density at radius 1 is 1.10 bits per heavy atom. The van der Waals surface area contributed by atoms with Gasteiger partial charge in [0.05, 0.1) is 19.8 Å². The zero-order valence-electron chi connectivity index (χ0n) is 18.2. The second-order valence-electron chi connectivity index (χ2n) is 7.62. The number of carbonyl (C=O) groups excluding carboxylic acids is 1. The van der Waals surface area contributed by atoms with Crippen LogP contribution in [0.15, 0.2) is 47.5 Å². The number of rotatable bonds is 6. The Hall–Kier alpha value is -2.70. The Bertz CT molecular complexity index is 889. The van der Waals surface area contributed by atoms with Crippen LogP contribution < -0.4 is 10.6 Å². The molecule has 0 bridgehead atoms. The fourth-order valence-corrected chi connectivity index (χ4v) is 3.31. The normalized spacial score (nSPS) is 15.1. The summed E-state index contributed by atoms with van der Waals surface area (Å²) in [7, 11) is 0. The number of nitrogens with one attached hydrogen (secondary N) is 2. The van der Waals surface area contributed by atoms with Gasteiger partial charge in [0.15, 0.2) is 0 Å². The first-order chi connectivity index (χ1) is 14.5. The summed E-state index contributed by atoms with van der Waals surface area (Å²) in [5, 5.41) is 6.25. The number of benzene rings is 2. The van der Waals surface area contributed by atoms with Crippen molar-refractivity contribution in [1.82, 2.24) is 10.2 Å². The van der Waals surface area contributed by atoms with E-state index in [0.29, 0.717) is 18.1 Å². The third kappa shape index (κ3) is 6.40. The molecule has 2 aromatic rings. The number of aliphatic imine (C=N–C) groups is 1. The summed E-state index contributed by atoms with van der Waals surface area (Å²) in [6.45, 7) is 11.0. The summed E-state index contributed by atoms with van der Waals surface area (Å²) in [6, 6.07) is 13.9. The quantitative estimate of drug-likeness (QED) is 0.568. The molecule has 1 saturated heterocycles. The molecule has 0 aromatic heterocycles. The summed E-state index contributed by atoms with van der Waals surface area (Å²) in [6.07, 6.45) is 0.952. The van der Waals surface area contributed by atoms with Crippen LogP contribution in [0.2, 0.25) is 0 Å². The first-order valence-electron chi connectivity index (χ1n) is 10.6. The van der Waals surface area contributed by atoms with Crippen molar-refractivity contribution in [2.24, 2.45) is 4.99 Å². The Morgan fingerprint density at radius 3 is 2.63 bits per heavy atom. The van der Waals surface area contributed by atoms with Gasteiger partial charge in [-0.1, -0.05) is 25.1 Å². The van der Waals surface area contributed by atoms with E-state index in [2.05, 4.69) is 39.6 Å². The minimum atomic E-state index is -0.164. The SMILES string of the molecule is CCc1cccc(NC(=NCCN2CCOCC2)NC(=O)c2ccc(C)c(C)c2)c1. The predicted octanol–water partition coefficient (Wildman–Crippen LogP) is 3.40. The second-order valence-corrected chi connectivity index (χ2v) is 7.62. The van der Waals surface area contributed by atoms with Crippen LogP contribution in [0.25, 0.3) is 0 Å². The number of aryl methyl sites for hydroxylation is 3. The van der Waals surface area contributed by atoms with Gasteiger partial charge in [-0.05, 0) is 61.2 Å². The Labute approximate surface area is 179 Å². The molecule has 1 heterocycles. The average Bonchev–Trinajstić information content (AvgIpc) is 2.76. The third-order valence-corrected chi connectivity index (χ3v) is 5.39. The van der Waals surface area contributed by atoms with Gasteiger partial charge in [-0.25, -0.2) is 0 Å². The largest absolute Gasteiger partial charge is 0.379 e. The molecule has 2 N–H and O–H groups in total. The number of morpholine rings is 1. The number of amides is 1. The molecule has 1 aliphatic heterocycles. The van der Waals surface area contributed by atoms with Gasteiger partial charge in [-0.2, -0.15) is 0 Å². The van der Waals surface area contributed by atoms with Crippen LogP contribution >= 0.6 is 0 Å². The van der Waals surface area contributed by atoms with Crippen LogP contribution in [0.3, 0.4) is 0 Å². The molecule has 3 rings (SSSR count). The molecular weight excluding hydrogens is 376 g/mol. The molecule has 0 aliphatic carbocycles. The molecule has 1 aliphatic rings. The number of anilines is 1. The van der Waals surface area contributed by atoms with Gasteiger partial charge >= 0.3 is 0 Å². The minimum Gasteiger partial charge on any atom is -0.379 e. The molecule has 160 valence electrons. The molecule has 0 spiro atoms. The Kier molecular flexibility index (Phi) is 7.99. The lowest BCUT2D eigenvalue weighted by Gasteiger charge is -2.25. The van der Waals surface area contributed by atoms with Gasteiger partial charge in [0.25, 0.3) is 5.91 Å². The summed E-state index contributed by atoms with van der Waals surface area (Å²) in [5.74, 6) is 0.308. The molecule has 1 fully saturated rings. The first-order valence-corrected chi connectivity index (χ1v) is 10.6. The van der Waals surface area contributed by atoms with Crippen molar-refractivity contribution in [3.8, 4) is 0 Å². The van der Waals surface area contributed by atoms with E-state index in [1.54, 1.807) is 0 Å². The van der Waals surface area contributed by atoms with Crippen LogP contribution in [-0.2, 0) is 11.2 Å². The number of ether oxygens (including phenoxy) is 1. The van der Waals surface area contributed by atoms with E-state index in [1.807, 2.05) is 44.2 Å². The highest BCUT2D eigenvalue weighted by molar-refractivity contribution is 6.10. The smallest absolute Gasteiger partial charge is 0.257 e. The van der Waals surface area contributed by atoms with Crippen LogP contribution in [-0.4, -0.2) is 56.2 Å². The number of guanidine groups is 1. The zero-order valence-corrected chi connectivity index (χ0v) is 18.2. The fourth-order valence-electron chi connectivity index (χ4n) is 3.31. The standard InChI is InChI=1S/C24H32N4O2/c1-4-20-6-5-7-22(17-20)26-24(25-10-11-28-12-14-30-15-13-28)27-23(29)21-9-8-18(2)19(3)16-21/h5-9,16-17H,4,10-15H2,1-3H3,(H2,25,26,27,29). The topological polar surface area (TPSA) is 66.0 Å². The molecule has 6 heteroatoms. The molecule has 2 aromatic carbocycles. The summed E-state index contributed by atoms with van der Waals surface area (Å²) >= 11 is 0. The molecular formula is C24H32N4O2. The molecule has 0 atom stereocenters. The average molecular weight is 409 g/mol. The maximum Gasteiger partial charge on any atom is 0.257 e. The van der Waals surface area contributed by atoms with Crippen molar-refractivity contribution < 1.29 is 9.53 Å². The molecule has 0 unspecified atom stereocenters. The van der Waals surface area contributed by atoms with Gasteiger partial charge in [-0.3, -0.25) is 20.0 Å². The Balaban J connectivity index is 1.72. The van der Waals surface area contributed by atoms with Crippen molar-refractivity contribution in [3.63, 3.8) is 0 Å². The molecule has 1 amide bonds. The maximum atomic E-state index is 12.8. The van der Waals surface area contributed by atoms with Crippen LogP contribution in [0, 0.1) is 13.8 Å². The van der Waals surface area contributed by atoms with Crippen molar-refractivity contribution in [2.45, 2.75) is 27.2 Å². The van der Waals surface area contributed by atoms with Crippen molar-refractivity contribution >= 4 is 17.6 Å². The van der Waals surface area contributed by atoms with E-state index >= 15 is 0 Å². The van der Waals surface area contributed by atoms with E-state index in [0.717, 1.165) is 50.5 Å². The Morgan fingerprint density at radius 2 is 1.90 bits per heavy atom. The monoisotopic (exact) mass is 408 g/mol. The lowest BCUT2D eigenvalue weighted by Crippen LogP contribution is -2.39. The second kappa shape index (κ2) is 10.9. The van der Waals surface area contributed by atoms with Crippen LogP contribution in [0.1, 0.15) is 34.0 Å². The highest BCUT2D eigenvalue weighted by Gasteiger charge is 2.12. The van der Waals surface area contributed by atoms with Gasteiger partial charge in [0.2, 0.25) is 5.96 Å². The van der Waals surface area contributed by atoms with E-state index in [9.17, 15) is 4.79 Å². The minimum absolute atomic E-state index is 0.164. The number of hydrogen-bond acceptors (Lipinski definition) is 4. The van der Waals surface area contributed by atoms with E-state index in [-0.39, 0.29) is 5.91 Å². The predicted molar refractivity (Wildman–Crippen MR) is 122 cm³/mol. The van der Waals surface area contributed by atoms with Crippen molar-refractivity contribution in [3.05, 3.63) is 64.7 Å². The highest BCUT2D eigenvalue weighted by Crippen LogP contribution is 2.12. The zero-order chi connectivity index (χ0) is 21.3. The van der Waals surface area contributed by atoms with Crippen LogP contribution in [0.4, 0.5) is 5.69 Å². The summed E-state index contributed by atoms with van der Waals surface area (Å²) < 4.78 is 5.40. The summed E-state index contributed by atoms with van der Waals surface area (Å²) in [5.41, 5.74) is 5.04. The number of hydrogen-bond donors (Lipinski definition) is 2. The fraction of sp³-hybridized carbons (Fsp3) is 0.417. The number of nitrogens with zero attached hydrogens (tertiary/aromatic N) is 2. The molecule has 0 radical (unpaired) electrons. The lowest BCUT2D eigenvalue weighted by molar-refractivity contribution is 0.0394. The van der Waals surface area contributed by atoms with Gasteiger partial charge in [-0.15, -0.1) is 0 Å². The maximum absolute atomic E-state index is 12.8. The van der Waals surface area contributed by atoms with Gasteiger partial charge in [0, 0.05) is 30.9 Å².